The first-order valence-corrected chi connectivity index (χ1v) is 40.5. The van der Waals surface area contributed by atoms with Crippen molar-refractivity contribution in [3.05, 3.63) is 0 Å². The highest BCUT2D eigenvalue weighted by Crippen LogP contribution is 2.45. The van der Waals surface area contributed by atoms with Crippen molar-refractivity contribution in [1.82, 2.24) is 0 Å². The Kier molecular flexibility index (Phi) is 62.7. The van der Waals surface area contributed by atoms with Gasteiger partial charge in [0.15, 0.2) is 12.2 Å². The largest absolute Gasteiger partial charge is 0.472 e. The average Bonchev–Trinajstić information content (AvgIpc) is 3.56. The third-order valence-corrected chi connectivity index (χ3v) is 18.6. The third kappa shape index (κ3) is 66.5. The molecule has 17 nitrogen and oxygen atoms in total. The van der Waals surface area contributed by atoms with Gasteiger partial charge in [-0.3, -0.25) is 37.3 Å². The van der Waals surface area contributed by atoms with Crippen LogP contribution < -0.4 is 0 Å². The normalized spacial score (nSPS) is 14.1. The Morgan fingerprint density at radius 3 is 0.747 bits per heavy atom. The van der Waals surface area contributed by atoms with Crippen molar-refractivity contribution in [1.29, 1.82) is 0 Å². The fourth-order valence-corrected chi connectivity index (χ4v) is 12.5. The van der Waals surface area contributed by atoms with Gasteiger partial charge in [0.1, 0.15) is 19.3 Å². The van der Waals surface area contributed by atoms with E-state index in [2.05, 4.69) is 41.5 Å². The molecule has 0 fully saturated rings. The summed E-state index contributed by atoms with van der Waals surface area (Å²) in [7, 11) is -9.90. The van der Waals surface area contributed by atoms with E-state index < -0.39 is 97.5 Å². The fourth-order valence-electron chi connectivity index (χ4n) is 10.9. The lowest BCUT2D eigenvalue weighted by molar-refractivity contribution is -0.161. The van der Waals surface area contributed by atoms with E-state index in [0.29, 0.717) is 31.6 Å². The molecule has 5 atom stereocenters. The lowest BCUT2D eigenvalue weighted by Crippen LogP contribution is -2.30. The molecule has 0 aliphatic heterocycles. The van der Waals surface area contributed by atoms with Gasteiger partial charge < -0.3 is 33.8 Å². The second kappa shape index (κ2) is 64.1. The minimum Gasteiger partial charge on any atom is -0.462 e. The second-order valence-corrected chi connectivity index (χ2v) is 29.8. The van der Waals surface area contributed by atoms with Crippen molar-refractivity contribution in [2.75, 3.05) is 39.6 Å². The molecule has 0 saturated heterocycles. The van der Waals surface area contributed by atoms with Gasteiger partial charge in [-0.2, -0.15) is 0 Å². The predicted octanol–water partition coefficient (Wildman–Crippen LogP) is 20.8. The van der Waals surface area contributed by atoms with Gasteiger partial charge in [-0.1, -0.05) is 318 Å². The third-order valence-electron chi connectivity index (χ3n) is 16.7. The molecule has 0 radical (unpaired) electrons. The van der Waals surface area contributed by atoms with Crippen molar-refractivity contribution in [3.63, 3.8) is 0 Å². The highest BCUT2D eigenvalue weighted by Gasteiger charge is 2.30. The number of esters is 4. The Hall–Kier alpha value is -1.94. The first-order chi connectivity index (χ1) is 43.9. The van der Waals surface area contributed by atoms with Crippen LogP contribution in [-0.4, -0.2) is 96.7 Å². The Morgan fingerprint density at radius 1 is 0.297 bits per heavy atom. The van der Waals surface area contributed by atoms with Crippen LogP contribution in [-0.2, 0) is 65.4 Å². The standard InChI is InChI=1S/C72H140O17P2/c1-7-9-11-13-15-17-19-21-22-23-27-32-38-45-51-57-72(77)88-67(60-82-69(74)54-48-42-36-30-28-24-25-29-34-40-46-52-64(3)4)62-86-90(78,79)84-58-66(73)59-85-91(80,81)87-63-68(61-83-70(75)55-49-43-39-33-35-41-47-53-65(5)6)89-71(76)56-50-44-37-31-26-20-18-16-14-12-10-8-2/h64-68,73H,7-63H2,1-6H3,(H,78,79)(H,80,81)/t66-,67-,68-/m1/s1. The highest BCUT2D eigenvalue weighted by molar-refractivity contribution is 7.47. The van der Waals surface area contributed by atoms with Gasteiger partial charge in [-0.05, 0) is 37.5 Å². The Balaban J connectivity index is 5.25. The maximum Gasteiger partial charge on any atom is 0.472 e. The van der Waals surface area contributed by atoms with Crippen LogP contribution in [0.4, 0.5) is 0 Å². The molecular formula is C72H140O17P2. The Labute approximate surface area is 556 Å². The molecule has 19 heteroatoms. The first kappa shape index (κ1) is 89.1. The summed E-state index contributed by atoms with van der Waals surface area (Å²) in [5.74, 6) is -0.643. The van der Waals surface area contributed by atoms with Crippen molar-refractivity contribution >= 4 is 39.5 Å². The molecular weight excluding hydrogens is 1200 g/mol. The van der Waals surface area contributed by atoms with Gasteiger partial charge in [0.25, 0.3) is 0 Å². The van der Waals surface area contributed by atoms with E-state index in [1.54, 1.807) is 0 Å². The summed E-state index contributed by atoms with van der Waals surface area (Å²) < 4.78 is 68.4. The van der Waals surface area contributed by atoms with Crippen molar-refractivity contribution < 1.29 is 80.2 Å². The van der Waals surface area contributed by atoms with Crippen LogP contribution in [0.5, 0.6) is 0 Å². The summed E-state index contributed by atoms with van der Waals surface area (Å²) in [6.07, 6.45) is 49.9. The van der Waals surface area contributed by atoms with Crippen LogP contribution in [0.15, 0.2) is 0 Å². The maximum atomic E-state index is 13.0. The van der Waals surface area contributed by atoms with Gasteiger partial charge in [0.05, 0.1) is 26.4 Å². The zero-order valence-corrected chi connectivity index (χ0v) is 60.9. The van der Waals surface area contributed by atoms with E-state index in [-0.39, 0.29) is 25.7 Å². The van der Waals surface area contributed by atoms with Gasteiger partial charge >= 0.3 is 39.5 Å². The number of rotatable bonds is 71. The quantitative estimate of drug-likeness (QED) is 0.0222. The number of ether oxygens (including phenoxy) is 4. The zero-order valence-electron chi connectivity index (χ0n) is 59.1. The van der Waals surface area contributed by atoms with Gasteiger partial charge in [0, 0.05) is 25.7 Å². The molecule has 540 valence electrons. The number of carbonyl (C=O) groups is 4. The molecule has 0 aromatic carbocycles. The van der Waals surface area contributed by atoms with Crippen molar-refractivity contribution in [3.8, 4) is 0 Å². The number of aliphatic hydroxyl groups excluding tert-OH is 1. The predicted molar refractivity (Wildman–Crippen MR) is 368 cm³/mol. The first-order valence-electron chi connectivity index (χ1n) is 37.5. The van der Waals surface area contributed by atoms with E-state index in [1.165, 1.54) is 180 Å². The topological polar surface area (TPSA) is 237 Å². The molecule has 0 heterocycles. The second-order valence-electron chi connectivity index (χ2n) is 26.9. The molecule has 0 spiro atoms. The minimum atomic E-state index is -4.95. The summed E-state index contributed by atoms with van der Waals surface area (Å²) in [5.41, 5.74) is 0. The molecule has 0 bridgehead atoms. The van der Waals surface area contributed by atoms with E-state index in [1.807, 2.05) is 0 Å². The molecule has 91 heavy (non-hydrogen) atoms. The van der Waals surface area contributed by atoms with E-state index in [4.69, 9.17) is 37.0 Å². The van der Waals surface area contributed by atoms with Gasteiger partial charge in [0.2, 0.25) is 0 Å². The fraction of sp³-hybridized carbons (Fsp3) is 0.944. The molecule has 0 rings (SSSR count). The summed E-state index contributed by atoms with van der Waals surface area (Å²) in [5, 5.41) is 10.6. The van der Waals surface area contributed by atoms with E-state index in [0.717, 1.165) is 102 Å². The van der Waals surface area contributed by atoms with Crippen LogP contribution in [0.3, 0.4) is 0 Å². The molecule has 0 amide bonds. The van der Waals surface area contributed by atoms with Crippen LogP contribution in [0.25, 0.3) is 0 Å². The SMILES string of the molecule is CCCCCCCCCCCCCCCCCC(=O)O[C@H](COC(=O)CCCCCCCCCCCCCC(C)C)COP(=O)(O)OC[C@@H](O)COP(=O)(O)OC[C@@H](COC(=O)CCCCCCCCCC(C)C)OC(=O)CCCCCCCCCCCCCC. The monoisotopic (exact) mass is 1340 g/mol. The number of unbranched alkanes of at least 4 members (excludes halogenated alkanes) is 41. The molecule has 0 saturated carbocycles. The molecule has 0 aromatic heterocycles. The van der Waals surface area contributed by atoms with E-state index >= 15 is 0 Å². The molecule has 0 aromatic rings. The van der Waals surface area contributed by atoms with Crippen LogP contribution in [0, 0.1) is 11.8 Å². The smallest absolute Gasteiger partial charge is 0.462 e. The lowest BCUT2D eigenvalue weighted by atomic mass is 10.0. The molecule has 0 aliphatic carbocycles. The average molecular weight is 1340 g/mol. The number of hydrogen-bond acceptors (Lipinski definition) is 15. The number of aliphatic hydroxyl groups is 1. The van der Waals surface area contributed by atoms with Crippen LogP contribution in [0.2, 0.25) is 0 Å². The Bertz CT molecular complexity index is 1770. The zero-order chi connectivity index (χ0) is 67.2. The van der Waals surface area contributed by atoms with E-state index in [9.17, 15) is 43.2 Å². The number of hydrogen-bond donors (Lipinski definition) is 3. The summed E-state index contributed by atoms with van der Waals surface area (Å²) in [6.45, 7) is 9.52. The van der Waals surface area contributed by atoms with Crippen LogP contribution >= 0.6 is 15.6 Å². The number of carbonyl (C=O) groups excluding carboxylic acids is 4. The van der Waals surface area contributed by atoms with Gasteiger partial charge in [-0.25, -0.2) is 9.13 Å². The number of phosphoric ester groups is 2. The Morgan fingerprint density at radius 2 is 0.505 bits per heavy atom. The molecule has 2 unspecified atom stereocenters. The summed E-state index contributed by atoms with van der Waals surface area (Å²) in [6, 6.07) is 0. The highest BCUT2D eigenvalue weighted by atomic mass is 31.2. The van der Waals surface area contributed by atoms with Crippen molar-refractivity contribution in [2.24, 2.45) is 11.8 Å². The lowest BCUT2D eigenvalue weighted by Gasteiger charge is -2.21. The molecule has 0 aliphatic rings. The molecule has 3 N–H and O–H groups in total. The van der Waals surface area contributed by atoms with Gasteiger partial charge in [-0.15, -0.1) is 0 Å². The minimum absolute atomic E-state index is 0.107. The summed E-state index contributed by atoms with van der Waals surface area (Å²) >= 11 is 0. The van der Waals surface area contributed by atoms with Crippen LogP contribution in [0.1, 0.15) is 369 Å². The summed E-state index contributed by atoms with van der Waals surface area (Å²) in [4.78, 5) is 72.6. The maximum absolute atomic E-state index is 13.0. The number of phosphoric acid groups is 2. The van der Waals surface area contributed by atoms with Crippen molar-refractivity contribution in [2.45, 2.75) is 387 Å².